The van der Waals surface area contributed by atoms with Gasteiger partial charge in [-0.1, -0.05) is 24.3 Å². The summed E-state index contributed by atoms with van der Waals surface area (Å²) < 4.78 is 0. The molecule has 1 spiro atoms. The fraction of sp³-hybridized carbons (Fsp3) is 0.0400. The number of benzene rings is 4. The van der Waals surface area contributed by atoms with E-state index in [0.29, 0.717) is 0 Å². The fourth-order valence-corrected chi connectivity index (χ4v) is 5.32. The van der Waals surface area contributed by atoms with Gasteiger partial charge in [0.05, 0.1) is 5.41 Å². The molecular formula is C25H20N4. The van der Waals surface area contributed by atoms with Crippen molar-refractivity contribution < 1.29 is 0 Å². The van der Waals surface area contributed by atoms with E-state index in [4.69, 9.17) is 22.9 Å². The van der Waals surface area contributed by atoms with E-state index >= 15 is 0 Å². The van der Waals surface area contributed by atoms with E-state index in [1.165, 1.54) is 22.3 Å². The number of rotatable bonds is 0. The van der Waals surface area contributed by atoms with Gasteiger partial charge in [0.1, 0.15) is 0 Å². The number of hydrogen-bond acceptors (Lipinski definition) is 4. The Morgan fingerprint density at radius 1 is 0.379 bits per heavy atom. The van der Waals surface area contributed by atoms with Crippen molar-refractivity contribution in [3.63, 3.8) is 0 Å². The summed E-state index contributed by atoms with van der Waals surface area (Å²) in [5.41, 5.74) is 36.6. The molecular weight excluding hydrogens is 356 g/mol. The summed E-state index contributed by atoms with van der Waals surface area (Å²) in [7, 11) is 0. The Balaban J connectivity index is 1.85. The second kappa shape index (κ2) is 5.11. The summed E-state index contributed by atoms with van der Waals surface area (Å²) in [5, 5.41) is 0. The van der Waals surface area contributed by atoms with Crippen LogP contribution in [0.4, 0.5) is 22.7 Å². The average Bonchev–Trinajstić information content (AvgIpc) is 3.13. The molecule has 0 aromatic heterocycles. The minimum Gasteiger partial charge on any atom is -0.399 e. The summed E-state index contributed by atoms with van der Waals surface area (Å²) in [6, 6.07) is 24.7. The molecule has 140 valence electrons. The van der Waals surface area contributed by atoms with Crippen molar-refractivity contribution in [2.75, 3.05) is 22.9 Å². The molecule has 0 saturated heterocycles. The third-order valence-corrected chi connectivity index (χ3v) is 6.37. The minimum absolute atomic E-state index is 0.432. The average molecular weight is 376 g/mol. The Morgan fingerprint density at radius 3 is 0.862 bits per heavy atom. The van der Waals surface area contributed by atoms with Gasteiger partial charge in [0, 0.05) is 22.7 Å². The summed E-state index contributed by atoms with van der Waals surface area (Å²) in [5.74, 6) is 0. The highest BCUT2D eigenvalue weighted by Gasteiger charge is 2.51. The van der Waals surface area contributed by atoms with Crippen molar-refractivity contribution in [3.8, 4) is 22.3 Å². The summed E-state index contributed by atoms with van der Waals surface area (Å²) >= 11 is 0. The first-order chi connectivity index (χ1) is 14.0. The number of anilines is 4. The quantitative estimate of drug-likeness (QED) is 0.296. The van der Waals surface area contributed by atoms with Gasteiger partial charge in [0.15, 0.2) is 0 Å². The Kier molecular flexibility index (Phi) is 2.83. The van der Waals surface area contributed by atoms with Crippen molar-refractivity contribution in [1.29, 1.82) is 0 Å². The zero-order valence-electron chi connectivity index (χ0n) is 15.7. The zero-order valence-corrected chi connectivity index (χ0v) is 15.7. The Morgan fingerprint density at radius 2 is 0.621 bits per heavy atom. The highest BCUT2D eigenvalue weighted by atomic mass is 14.6. The first-order valence-corrected chi connectivity index (χ1v) is 9.61. The first kappa shape index (κ1) is 16.1. The lowest BCUT2D eigenvalue weighted by Gasteiger charge is -2.30. The van der Waals surface area contributed by atoms with Gasteiger partial charge < -0.3 is 22.9 Å². The molecule has 0 saturated carbocycles. The van der Waals surface area contributed by atoms with Crippen molar-refractivity contribution in [3.05, 3.63) is 95.1 Å². The molecule has 0 aliphatic heterocycles. The molecule has 2 aliphatic carbocycles. The van der Waals surface area contributed by atoms with E-state index in [1.807, 2.05) is 24.3 Å². The van der Waals surface area contributed by atoms with Gasteiger partial charge >= 0.3 is 0 Å². The van der Waals surface area contributed by atoms with Gasteiger partial charge in [-0.3, -0.25) is 0 Å². The van der Waals surface area contributed by atoms with Crippen LogP contribution in [0.15, 0.2) is 72.8 Å². The second-order valence-corrected chi connectivity index (χ2v) is 7.97. The van der Waals surface area contributed by atoms with Crippen LogP contribution in [0, 0.1) is 0 Å². The smallest absolute Gasteiger partial charge is 0.0725 e. The molecule has 4 aromatic carbocycles. The van der Waals surface area contributed by atoms with Crippen LogP contribution in [0.1, 0.15) is 22.3 Å². The highest BCUT2D eigenvalue weighted by molar-refractivity contribution is 5.97. The van der Waals surface area contributed by atoms with Crippen LogP contribution in [-0.2, 0) is 5.41 Å². The molecule has 29 heavy (non-hydrogen) atoms. The predicted octanol–water partition coefficient (Wildman–Crippen LogP) is 4.36. The SMILES string of the molecule is Nc1ccc2c(c1)-c1cc(N)ccc1C21c2ccc(N)cc2-c2cc(N)ccc21. The van der Waals surface area contributed by atoms with Crippen molar-refractivity contribution >= 4 is 22.7 Å². The Labute approximate surface area is 168 Å². The largest absolute Gasteiger partial charge is 0.399 e. The Bertz CT molecular complexity index is 1140. The van der Waals surface area contributed by atoms with Crippen LogP contribution < -0.4 is 22.9 Å². The molecule has 0 heterocycles. The molecule has 2 aliphatic rings. The molecule has 6 rings (SSSR count). The molecule has 0 amide bonds. The van der Waals surface area contributed by atoms with E-state index in [-0.39, 0.29) is 0 Å². The topological polar surface area (TPSA) is 104 Å². The van der Waals surface area contributed by atoms with Crippen LogP contribution in [0.2, 0.25) is 0 Å². The molecule has 0 bridgehead atoms. The first-order valence-electron chi connectivity index (χ1n) is 9.61. The van der Waals surface area contributed by atoms with Crippen molar-refractivity contribution in [2.45, 2.75) is 5.41 Å². The molecule has 8 N–H and O–H groups in total. The van der Waals surface area contributed by atoms with Gasteiger partial charge in [-0.15, -0.1) is 0 Å². The van der Waals surface area contributed by atoms with Gasteiger partial charge in [-0.25, -0.2) is 0 Å². The summed E-state index contributed by atoms with van der Waals surface area (Å²) in [6.07, 6.45) is 0. The van der Waals surface area contributed by atoms with Crippen LogP contribution in [0.5, 0.6) is 0 Å². The van der Waals surface area contributed by atoms with Gasteiger partial charge in [0.2, 0.25) is 0 Å². The molecule has 0 radical (unpaired) electrons. The maximum atomic E-state index is 6.18. The lowest BCUT2D eigenvalue weighted by atomic mass is 9.70. The van der Waals surface area contributed by atoms with Crippen molar-refractivity contribution in [2.24, 2.45) is 0 Å². The molecule has 4 aromatic rings. The number of nitrogen functional groups attached to an aromatic ring is 4. The maximum absolute atomic E-state index is 6.18. The third-order valence-electron chi connectivity index (χ3n) is 6.37. The maximum Gasteiger partial charge on any atom is 0.0725 e. The van der Waals surface area contributed by atoms with Crippen LogP contribution in [-0.4, -0.2) is 0 Å². The molecule has 4 heteroatoms. The number of nitrogens with two attached hydrogens (primary N) is 4. The van der Waals surface area contributed by atoms with E-state index < -0.39 is 5.41 Å². The summed E-state index contributed by atoms with van der Waals surface area (Å²) in [6.45, 7) is 0. The van der Waals surface area contributed by atoms with Crippen LogP contribution >= 0.6 is 0 Å². The van der Waals surface area contributed by atoms with E-state index in [0.717, 1.165) is 45.0 Å². The monoisotopic (exact) mass is 376 g/mol. The van der Waals surface area contributed by atoms with Crippen molar-refractivity contribution in [1.82, 2.24) is 0 Å². The molecule has 0 unspecified atom stereocenters. The predicted molar refractivity (Wildman–Crippen MR) is 120 cm³/mol. The van der Waals surface area contributed by atoms with Crippen LogP contribution in [0.3, 0.4) is 0 Å². The van der Waals surface area contributed by atoms with Gasteiger partial charge in [0.25, 0.3) is 0 Å². The lowest BCUT2D eigenvalue weighted by Crippen LogP contribution is -2.25. The zero-order chi connectivity index (χ0) is 19.9. The normalized spacial score (nSPS) is 14.3. The lowest BCUT2D eigenvalue weighted by molar-refractivity contribution is 0.794. The van der Waals surface area contributed by atoms with Gasteiger partial charge in [-0.05, 0) is 93.0 Å². The molecule has 0 fully saturated rings. The van der Waals surface area contributed by atoms with Crippen LogP contribution in [0.25, 0.3) is 22.3 Å². The standard InChI is InChI=1S/C25H20N4/c26-13-1-5-21-17(9-13)18-10-14(27)2-6-22(18)25(21)23-7-3-15(28)11-19(23)20-12-16(29)4-8-24(20)25/h1-12H,26-29H2. The molecule has 0 atom stereocenters. The fourth-order valence-electron chi connectivity index (χ4n) is 5.32. The van der Waals surface area contributed by atoms with E-state index in [2.05, 4.69) is 48.5 Å². The van der Waals surface area contributed by atoms with Gasteiger partial charge in [-0.2, -0.15) is 0 Å². The third kappa shape index (κ3) is 1.83. The summed E-state index contributed by atoms with van der Waals surface area (Å²) in [4.78, 5) is 0. The number of hydrogen-bond donors (Lipinski definition) is 4. The van der Waals surface area contributed by atoms with E-state index in [1.54, 1.807) is 0 Å². The minimum atomic E-state index is -0.432. The van der Waals surface area contributed by atoms with E-state index in [9.17, 15) is 0 Å². The second-order valence-electron chi connectivity index (χ2n) is 7.97. The Hall–Kier alpha value is -3.92. The molecule has 4 nitrogen and oxygen atoms in total. The highest BCUT2D eigenvalue weighted by Crippen LogP contribution is 2.63. The number of fused-ring (bicyclic) bond motifs is 10.